The zero-order valence-corrected chi connectivity index (χ0v) is 13.9. The predicted molar refractivity (Wildman–Crippen MR) is 88.2 cm³/mol. The zero-order chi connectivity index (χ0) is 15.2. The molecule has 0 aliphatic carbocycles. The molecule has 0 saturated carbocycles. The fourth-order valence-corrected chi connectivity index (χ4v) is 2.74. The minimum Gasteiger partial charge on any atom is -0.497 e. The molecule has 0 aromatic heterocycles. The summed E-state index contributed by atoms with van der Waals surface area (Å²) in [6, 6.07) is 12.9. The van der Waals surface area contributed by atoms with Crippen LogP contribution in [0.15, 0.2) is 46.9 Å². The molecule has 1 amide bonds. The topological polar surface area (TPSA) is 38.3 Å². The Bertz CT molecular complexity index is 629. The van der Waals surface area contributed by atoms with Crippen LogP contribution in [0.5, 0.6) is 5.75 Å². The van der Waals surface area contributed by atoms with Gasteiger partial charge in [0.2, 0.25) is 0 Å². The first-order valence-corrected chi connectivity index (χ1v) is 7.63. The summed E-state index contributed by atoms with van der Waals surface area (Å²) in [6.45, 7) is 0.570. The lowest BCUT2D eigenvalue weighted by atomic mass is 10.1. The van der Waals surface area contributed by atoms with E-state index >= 15 is 0 Å². The molecule has 21 heavy (non-hydrogen) atoms. The van der Waals surface area contributed by atoms with Crippen LogP contribution in [0.25, 0.3) is 0 Å². The van der Waals surface area contributed by atoms with Crippen molar-refractivity contribution < 1.29 is 9.53 Å². The van der Waals surface area contributed by atoms with E-state index in [1.54, 1.807) is 25.3 Å². The van der Waals surface area contributed by atoms with Gasteiger partial charge in [-0.1, -0.05) is 23.7 Å². The van der Waals surface area contributed by atoms with Crippen molar-refractivity contribution in [2.24, 2.45) is 0 Å². The van der Waals surface area contributed by atoms with Crippen LogP contribution in [0, 0.1) is 0 Å². The smallest absolute Gasteiger partial charge is 0.252 e. The third-order valence-electron chi connectivity index (χ3n) is 3.03. The number of benzene rings is 2. The van der Waals surface area contributed by atoms with Crippen LogP contribution in [0.4, 0.5) is 0 Å². The van der Waals surface area contributed by atoms with Crippen molar-refractivity contribution in [2.45, 2.75) is 6.42 Å². The van der Waals surface area contributed by atoms with E-state index in [1.165, 1.54) is 0 Å². The Morgan fingerprint density at radius 2 is 1.95 bits per heavy atom. The average molecular weight is 369 g/mol. The minimum absolute atomic E-state index is 0.118. The highest BCUT2D eigenvalue weighted by atomic mass is 79.9. The third-order valence-corrected chi connectivity index (χ3v) is 3.93. The first-order chi connectivity index (χ1) is 10.1. The van der Waals surface area contributed by atoms with Crippen molar-refractivity contribution in [3.8, 4) is 5.75 Å². The predicted octanol–water partition coefficient (Wildman–Crippen LogP) is 4.08. The number of hydrogen-bond acceptors (Lipinski definition) is 2. The highest BCUT2D eigenvalue weighted by Gasteiger charge is 2.09. The van der Waals surface area contributed by atoms with E-state index in [0.29, 0.717) is 21.6 Å². The van der Waals surface area contributed by atoms with E-state index in [9.17, 15) is 4.79 Å². The molecule has 2 aromatic rings. The molecule has 1 N–H and O–H groups in total. The number of amides is 1. The number of nitrogens with one attached hydrogen (secondary N) is 1. The molecule has 0 heterocycles. The molecule has 2 aromatic carbocycles. The first kappa shape index (κ1) is 15.9. The number of ether oxygens (including phenoxy) is 1. The van der Waals surface area contributed by atoms with Gasteiger partial charge in [-0.25, -0.2) is 0 Å². The lowest BCUT2D eigenvalue weighted by molar-refractivity contribution is 0.0953. The monoisotopic (exact) mass is 367 g/mol. The van der Waals surface area contributed by atoms with Crippen LogP contribution in [0.1, 0.15) is 15.9 Å². The van der Waals surface area contributed by atoms with Crippen molar-refractivity contribution >= 4 is 33.4 Å². The number of carbonyl (C=O) groups excluding carboxylic acids is 1. The summed E-state index contributed by atoms with van der Waals surface area (Å²) in [5.41, 5.74) is 1.72. The Kier molecular flexibility index (Phi) is 5.65. The van der Waals surface area contributed by atoms with Gasteiger partial charge in [0.1, 0.15) is 5.75 Å². The van der Waals surface area contributed by atoms with Gasteiger partial charge >= 0.3 is 0 Å². The SMILES string of the molecule is COc1ccc(CCNC(=O)c2ccc(Cl)cc2Br)cc1. The van der Waals surface area contributed by atoms with E-state index in [-0.39, 0.29) is 5.91 Å². The molecule has 2 rings (SSSR count). The highest BCUT2D eigenvalue weighted by Crippen LogP contribution is 2.21. The number of methoxy groups -OCH3 is 1. The highest BCUT2D eigenvalue weighted by molar-refractivity contribution is 9.10. The molecule has 0 unspecified atom stereocenters. The van der Waals surface area contributed by atoms with Crippen LogP contribution >= 0.6 is 27.5 Å². The lowest BCUT2D eigenvalue weighted by Crippen LogP contribution is -2.26. The molecule has 3 nitrogen and oxygen atoms in total. The van der Waals surface area contributed by atoms with Crippen LogP contribution in [0.3, 0.4) is 0 Å². The minimum atomic E-state index is -0.118. The van der Waals surface area contributed by atoms with Gasteiger partial charge in [0.15, 0.2) is 0 Å². The molecule has 0 spiro atoms. The normalized spacial score (nSPS) is 10.2. The first-order valence-electron chi connectivity index (χ1n) is 6.46. The van der Waals surface area contributed by atoms with Gasteiger partial charge in [0.05, 0.1) is 12.7 Å². The lowest BCUT2D eigenvalue weighted by Gasteiger charge is -2.08. The van der Waals surface area contributed by atoms with E-state index in [0.717, 1.165) is 17.7 Å². The molecule has 0 saturated heterocycles. The second kappa shape index (κ2) is 7.48. The van der Waals surface area contributed by atoms with Crippen molar-refractivity contribution in [2.75, 3.05) is 13.7 Å². The average Bonchev–Trinajstić information content (AvgIpc) is 2.47. The van der Waals surface area contributed by atoms with Crippen LogP contribution < -0.4 is 10.1 Å². The van der Waals surface area contributed by atoms with Crippen molar-refractivity contribution in [1.29, 1.82) is 0 Å². The maximum absolute atomic E-state index is 12.1. The zero-order valence-electron chi connectivity index (χ0n) is 11.5. The van der Waals surface area contributed by atoms with Crippen LogP contribution in [0.2, 0.25) is 5.02 Å². The molecule has 0 atom stereocenters. The van der Waals surface area contributed by atoms with Crippen LogP contribution in [-0.4, -0.2) is 19.6 Å². The fourth-order valence-electron chi connectivity index (χ4n) is 1.88. The van der Waals surface area contributed by atoms with Gasteiger partial charge in [-0.2, -0.15) is 0 Å². The van der Waals surface area contributed by atoms with Crippen molar-refractivity contribution in [3.05, 3.63) is 63.1 Å². The second-order valence-electron chi connectivity index (χ2n) is 4.48. The summed E-state index contributed by atoms with van der Waals surface area (Å²) in [5, 5.41) is 3.49. The Labute approximate surface area is 137 Å². The number of hydrogen-bond donors (Lipinski definition) is 1. The van der Waals surface area contributed by atoms with Gasteiger partial charge in [0.25, 0.3) is 5.91 Å². The Balaban J connectivity index is 1.88. The van der Waals surface area contributed by atoms with Gasteiger partial charge in [-0.15, -0.1) is 0 Å². The molecule has 110 valence electrons. The largest absolute Gasteiger partial charge is 0.497 e. The van der Waals surface area contributed by atoms with Gasteiger partial charge < -0.3 is 10.1 Å². The maximum Gasteiger partial charge on any atom is 0.252 e. The summed E-state index contributed by atoms with van der Waals surface area (Å²) in [7, 11) is 1.64. The molecule has 0 aliphatic heterocycles. The summed E-state index contributed by atoms with van der Waals surface area (Å²) < 4.78 is 5.80. The molecule has 0 aliphatic rings. The third kappa shape index (κ3) is 4.48. The molecule has 0 bridgehead atoms. The number of rotatable bonds is 5. The maximum atomic E-state index is 12.1. The number of carbonyl (C=O) groups is 1. The van der Waals surface area contributed by atoms with Gasteiger partial charge in [-0.05, 0) is 58.2 Å². The molecule has 0 fully saturated rings. The Morgan fingerprint density at radius 1 is 1.24 bits per heavy atom. The second-order valence-corrected chi connectivity index (χ2v) is 5.77. The van der Waals surface area contributed by atoms with Crippen molar-refractivity contribution in [3.63, 3.8) is 0 Å². The molecule has 5 heteroatoms. The number of halogens is 2. The Morgan fingerprint density at radius 3 is 2.57 bits per heavy atom. The summed E-state index contributed by atoms with van der Waals surface area (Å²) in [4.78, 5) is 12.1. The molecular weight excluding hydrogens is 354 g/mol. The van der Waals surface area contributed by atoms with E-state index in [4.69, 9.17) is 16.3 Å². The van der Waals surface area contributed by atoms with Crippen molar-refractivity contribution in [1.82, 2.24) is 5.32 Å². The van der Waals surface area contributed by atoms with E-state index in [1.807, 2.05) is 24.3 Å². The molecular formula is C16H15BrClNO2. The summed E-state index contributed by atoms with van der Waals surface area (Å²) in [5.74, 6) is 0.708. The standard InChI is InChI=1S/C16H15BrClNO2/c1-21-13-5-2-11(3-6-13)8-9-19-16(20)14-7-4-12(18)10-15(14)17/h2-7,10H,8-9H2,1H3,(H,19,20). The molecule has 0 radical (unpaired) electrons. The van der Waals surface area contributed by atoms with E-state index in [2.05, 4.69) is 21.2 Å². The quantitative estimate of drug-likeness (QED) is 0.863. The van der Waals surface area contributed by atoms with Gasteiger partial charge in [0, 0.05) is 16.0 Å². The fraction of sp³-hybridized carbons (Fsp3) is 0.188. The summed E-state index contributed by atoms with van der Waals surface area (Å²) in [6.07, 6.45) is 0.765. The van der Waals surface area contributed by atoms with E-state index < -0.39 is 0 Å². The van der Waals surface area contributed by atoms with Crippen LogP contribution in [-0.2, 0) is 6.42 Å². The Hall–Kier alpha value is -1.52. The van der Waals surface area contributed by atoms with Gasteiger partial charge in [-0.3, -0.25) is 4.79 Å². The summed E-state index contributed by atoms with van der Waals surface area (Å²) >= 11 is 9.20.